The Balaban J connectivity index is 1.32. The van der Waals surface area contributed by atoms with E-state index in [-0.39, 0.29) is 11.9 Å². The molecular weight excluding hydrogens is 464 g/mol. The summed E-state index contributed by atoms with van der Waals surface area (Å²) >= 11 is 0. The Hall–Kier alpha value is -4.46. The summed E-state index contributed by atoms with van der Waals surface area (Å²) in [5.41, 5.74) is 3.59. The van der Waals surface area contributed by atoms with Crippen molar-refractivity contribution < 1.29 is 9.53 Å². The largest absolute Gasteiger partial charge is 0.497 e. The first kappa shape index (κ1) is 23.0. The van der Waals surface area contributed by atoms with Crippen LogP contribution in [0.4, 0.5) is 5.95 Å². The molecule has 1 aliphatic heterocycles. The van der Waals surface area contributed by atoms with Gasteiger partial charge >= 0.3 is 0 Å². The maximum atomic E-state index is 13.2. The predicted molar refractivity (Wildman–Crippen MR) is 144 cm³/mol. The predicted octanol–water partition coefficient (Wildman–Crippen LogP) is 4.23. The first-order valence-corrected chi connectivity index (χ1v) is 12.5. The number of anilines is 1. The van der Waals surface area contributed by atoms with Gasteiger partial charge in [-0.15, -0.1) is 10.2 Å². The van der Waals surface area contributed by atoms with Crippen LogP contribution in [0.3, 0.4) is 0 Å². The van der Waals surface area contributed by atoms with Gasteiger partial charge < -0.3 is 14.5 Å². The number of benzene rings is 3. The van der Waals surface area contributed by atoms with Crippen molar-refractivity contribution in [3.05, 3.63) is 84.4 Å². The molecule has 0 radical (unpaired) electrons. The first-order chi connectivity index (χ1) is 18.1. The maximum Gasteiger partial charge on any atom is 0.227 e. The molecule has 0 N–H and O–H groups in total. The van der Waals surface area contributed by atoms with Crippen molar-refractivity contribution >= 4 is 28.4 Å². The molecule has 1 amide bonds. The van der Waals surface area contributed by atoms with Crippen molar-refractivity contribution in [2.45, 2.75) is 19.4 Å². The molecular formula is C29H28N6O2. The van der Waals surface area contributed by atoms with Crippen LogP contribution >= 0.6 is 0 Å². The number of carbonyl (C=O) groups is 1. The Bertz CT molecular complexity index is 1580. The lowest BCUT2D eigenvalue weighted by Crippen LogP contribution is -2.55. The van der Waals surface area contributed by atoms with Crippen LogP contribution in [0.1, 0.15) is 12.5 Å². The van der Waals surface area contributed by atoms with Gasteiger partial charge in [-0.2, -0.15) is 0 Å². The lowest BCUT2D eigenvalue weighted by Gasteiger charge is -2.40. The molecule has 1 atom stereocenters. The minimum Gasteiger partial charge on any atom is -0.497 e. The average molecular weight is 493 g/mol. The van der Waals surface area contributed by atoms with Crippen molar-refractivity contribution in [2.75, 3.05) is 31.6 Å². The summed E-state index contributed by atoms with van der Waals surface area (Å²) in [4.78, 5) is 22.5. The number of aromatic nitrogens is 4. The first-order valence-electron chi connectivity index (χ1n) is 12.5. The van der Waals surface area contributed by atoms with Crippen molar-refractivity contribution in [3.8, 4) is 17.1 Å². The molecule has 1 fully saturated rings. The fraction of sp³-hybridized carbons (Fsp3) is 0.241. The van der Waals surface area contributed by atoms with Gasteiger partial charge in [0.1, 0.15) is 5.75 Å². The fourth-order valence-electron chi connectivity index (χ4n) is 5.12. The molecule has 2 aromatic heterocycles. The number of fused-ring (bicyclic) bond motifs is 3. The van der Waals surface area contributed by atoms with Gasteiger partial charge in [-0.1, -0.05) is 54.6 Å². The van der Waals surface area contributed by atoms with Gasteiger partial charge in [0, 0.05) is 36.6 Å². The second-order valence-corrected chi connectivity index (χ2v) is 9.39. The Morgan fingerprint density at radius 3 is 2.59 bits per heavy atom. The van der Waals surface area contributed by atoms with Crippen molar-refractivity contribution in [2.24, 2.45) is 0 Å². The molecule has 5 aromatic rings. The zero-order chi connectivity index (χ0) is 25.4. The molecule has 1 unspecified atom stereocenters. The molecule has 3 heterocycles. The number of piperazine rings is 1. The number of amides is 1. The molecule has 8 nitrogen and oxygen atoms in total. The molecule has 186 valence electrons. The van der Waals surface area contributed by atoms with E-state index in [1.807, 2.05) is 83.8 Å². The van der Waals surface area contributed by atoms with E-state index in [1.165, 1.54) is 0 Å². The summed E-state index contributed by atoms with van der Waals surface area (Å²) in [6.45, 7) is 4.04. The average Bonchev–Trinajstić information content (AvgIpc) is 3.39. The topological polar surface area (TPSA) is 75.9 Å². The second kappa shape index (κ2) is 9.54. The van der Waals surface area contributed by atoms with Gasteiger partial charge in [0.2, 0.25) is 11.9 Å². The minimum absolute atomic E-state index is 0.0202. The molecule has 0 spiro atoms. The highest BCUT2D eigenvalue weighted by atomic mass is 16.5. The molecule has 0 bridgehead atoms. The minimum atomic E-state index is 0.0202. The van der Waals surface area contributed by atoms with Gasteiger partial charge in [-0.3, -0.25) is 4.79 Å². The molecule has 0 aliphatic carbocycles. The van der Waals surface area contributed by atoms with Gasteiger partial charge in [0.05, 0.1) is 19.0 Å². The zero-order valence-corrected chi connectivity index (χ0v) is 20.9. The summed E-state index contributed by atoms with van der Waals surface area (Å²) in [7, 11) is 1.64. The highest BCUT2D eigenvalue weighted by molar-refractivity contribution is 5.93. The highest BCUT2D eigenvalue weighted by Gasteiger charge is 2.30. The number of rotatable bonds is 5. The van der Waals surface area contributed by atoms with E-state index in [0.717, 1.165) is 45.2 Å². The highest BCUT2D eigenvalue weighted by Crippen LogP contribution is 2.29. The van der Waals surface area contributed by atoms with Crippen LogP contribution in [-0.4, -0.2) is 63.2 Å². The lowest BCUT2D eigenvalue weighted by molar-refractivity contribution is -0.132. The Labute approximate surface area is 215 Å². The Morgan fingerprint density at radius 2 is 1.78 bits per heavy atom. The van der Waals surface area contributed by atoms with Gasteiger partial charge in [-0.25, -0.2) is 9.38 Å². The quantitative estimate of drug-likeness (QED) is 0.366. The van der Waals surface area contributed by atoms with E-state index in [1.54, 1.807) is 7.11 Å². The third-order valence-electron chi connectivity index (χ3n) is 6.98. The van der Waals surface area contributed by atoms with E-state index < -0.39 is 0 Å². The third kappa shape index (κ3) is 4.24. The van der Waals surface area contributed by atoms with Crippen LogP contribution < -0.4 is 9.64 Å². The lowest BCUT2D eigenvalue weighted by atomic mass is 10.1. The maximum absolute atomic E-state index is 13.2. The van der Waals surface area contributed by atoms with E-state index >= 15 is 0 Å². The number of hydrogen-bond acceptors (Lipinski definition) is 6. The monoisotopic (exact) mass is 492 g/mol. The van der Waals surface area contributed by atoms with Gasteiger partial charge in [-0.05, 0) is 36.8 Å². The third-order valence-corrected chi connectivity index (χ3v) is 6.98. The van der Waals surface area contributed by atoms with Crippen molar-refractivity contribution in [1.82, 2.24) is 24.5 Å². The number of methoxy groups -OCH3 is 1. The SMILES string of the molecule is COc1cccc(CC(=O)N2CCN(c3nc4ccccc4c4nnc(-c5ccccc5)n34)CC2C)c1. The molecule has 6 rings (SSSR count). The second-order valence-electron chi connectivity index (χ2n) is 9.39. The van der Waals surface area contributed by atoms with Crippen LogP contribution in [0.5, 0.6) is 5.75 Å². The van der Waals surface area contributed by atoms with Crippen molar-refractivity contribution in [1.29, 1.82) is 0 Å². The van der Waals surface area contributed by atoms with Gasteiger partial charge in [0.15, 0.2) is 11.5 Å². The summed E-state index contributed by atoms with van der Waals surface area (Å²) in [5, 5.41) is 10.1. The van der Waals surface area contributed by atoms with Gasteiger partial charge in [0.25, 0.3) is 0 Å². The molecule has 3 aromatic carbocycles. The van der Waals surface area contributed by atoms with E-state index in [9.17, 15) is 4.79 Å². The number of hydrogen-bond donors (Lipinski definition) is 0. The summed E-state index contributed by atoms with van der Waals surface area (Å²) < 4.78 is 7.37. The van der Waals surface area contributed by atoms with Crippen LogP contribution in [0.2, 0.25) is 0 Å². The number of nitrogens with zero attached hydrogens (tertiary/aromatic N) is 6. The summed E-state index contributed by atoms with van der Waals surface area (Å²) in [6.07, 6.45) is 0.351. The van der Waals surface area contributed by atoms with Crippen LogP contribution in [0, 0.1) is 0 Å². The number of carbonyl (C=O) groups excluding carboxylic acids is 1. The number of para-hydroxylation sites is 1. The normalized spacial score (nSPS) is 15.9. The molecule has 1 aliphatic rings. The molecule has 0 saturated carbocycles. The van der Waals surface area contributed by atoms with Crippen LogP contribution in [0.25, 0.3) is 27.9 Å². The van der Waals surface area contributed by atoms with E-state index in [4.69, 9.17) is 9.72 Å². The molecule has 37 heavy (non-hydrogen) atoms. The zero-order valence-electron chi connectivity index (χ0n) is 20.9. The van der Waals surface area contributed by atoms with Crippen LogP contribution in [0.15, 0.2) is 78.9 Å². The Morgan fingerprint density at radius 1 is 0.973 bits per heavy atom. The summed E-state index contributed by atoms with van der Waals surface area (Å²) in [6, 6.07) is 25.8. The molecule has 1 saturated heterocycles. The fourth-order valence-corrected chi connectivity index (χ4v) is 5.12. The van der Waals surface area contributed by atoms with E-state index in [2.05, 4.69) is 26.4 Å². The summed E-state index contributed by atoms with van der Waals surface area (Å²) in [5.74, 6) is 2.43. The molecule has 8 heteroatoms. The van der Waals surface area contributed by atoms with E-state index in [0.29, 0.717) is 26.1 Å². The number of ether oxygens (including phenoxy) is 1. The standard InChI is InChI=1S/C29H28N6O2/c1-20-19-33(15-16-34(20)26(36)18-21-9-8-12-23(17-21)37-2)29-30-25-14-7-6-13-24(25)28-32-31-27(35(28)29)22-10-4-3-5-11-22/h3-14,17,20H,15-16,18-19H2,1-2H3. The van der Waals surface area contributed by atoms with Crippen molar-refractivity contribution in [3.63, 3.8) is 0 Å². The smallest absolute Gasteiger partial charge is 0.227 e. The Kier molecular flexibility index (Phi) is 5.92. The van der Waals surface area contributed by atoms with Crippen LogP contribution in [-0.2, 0) is 11.2 Å².